The minimum atomic E-state index is -3.90. The summed E-state index contributed by atoms with van der Waals surface area (Å²) in [5.74, 6) is 0.722. The van der Waals surface area contributed by atoms with Crippen molar-refractivity contribution in [3.05, 3.63) is 54.1 Å². The molecule has 0 unspecified atom stereocenters. The minimum absolute atomic E-state index is 0.142. The number of carbonyl (C=O) groups excluding carboxylic acids is 1. The summed E-state index contributed by atoms with van der Waals surface area (Å²) in [5.41, 5.74) is 1.36. The summed E-state index contributed by atoms with van der Waals surface area (Å²) < 4.78 is 32.7. The number of carbonyl (C=O) groups is 1. The number of amides is 1. The maximum absolute atomic E-state index is 13.2. The molecule has 0 aromatic heterocycles. The Morgan fingerprint density at radius 1 is 1.07 bits per heavy atom. The molecule has 2 rings (SSSR count). The molecule has 0 aliphatic rings. The van der Waals surface area contributed by atoms with E-state index < -0.39 is 10.0 Å². The van der Waals surface area contributed by atoms with E-state index in [-0.39, 0.29) is 17.3 Å². The van der Waals surface area contributed by atoms with Gasteiger partial charge in [-0.2, -0.15) is 0 Å². The summed E-state index contributed by atoms with van der Waals surface area (Å²) in [6.07, 6.45) is 0.832. The fraction of sp³-hybridized carbons (Fsp3) is 0.381. The van der Waals surface area contributed by atoms with Gasteiger partial charge in [-0.05, 0) is 55.7 Å². The summed E-state index contributed by atoms with van der Waals surface area (Å²) in [6.45, 7) is 6.24. The second kappa shape index (κ2) is 9.59. The molecule has 0 radical (unpaired) electrons. The third kappa shape index (κ3) is 5.73. The van der Waals surface area contributed by atoms with Crippen molar-refractivity contribution in [3.63, 3.8) is 0 Å². The predicted molar refractivity (Wildman–Crippen MR) is 111 cm³/mol. The fourth-order valence-corrected chi connectivity index (χ4v) is 4.01. The topological polar surface area (TPSA) is 75.7 Å². The van der Waals surface area contributed by atoms with Crippen molar-refractivity contribution in [2.45, 2.75) is 32.1 Å². The Labute approximate surface area is 167 Å². The Bertz CT molecular complexity index is 876. The molecule has 0 heterocycles. The smallest absolute Gasteiger partial charge is 0.264 e. The van der Waals surface area contributed by atoms with E-state index in [4.69, 9.17) is 4.74 Å². The third-order valence-corrected chi connectivity index (χ3v) is 6.09. The molecule has 2 aromatic carbocycles. The number of hydrogen-bond acceptors (Lipinski definition) is 4. The van der Waals surface area contributed by atoms with Gasteiger partial charge in [0.25, 0.3) is 10.0 Å². The number of benzene rings is 2. The molecule has 0 atom stereocenters. The summed E-state index contributed by atoms with van der Waals surface area (Å²) in [6, 6.07) is 13.2. The molecule has 28 heavy (non-hydrogen) atoms. The maximum Gasteiger partial charge on any atom is 0.264 e. The lowest BCUT2D eigenvalue weighted by Crippen LogP contribution is -2.41. The fourth-order valence-electron chi connectivity index (χ4n) is 2.59. The minimum Gasteiger partial charge on any atom is -0.497 e. The molecule has 0 saturated carbocycles. The molecule has 152 valence electrons. The van der Waals surface area contributed by atoms with Crippen molar-refractivity contribution in [2.24, 2.45) is 5.92 Å². The zero-order valence-electron chi connectivity index (χ0n) is 16.8. The van der Waals surface area contributed by atoms with Gasteiger partial charge in [0.05, 0.1) is 17.7 Å². The molecular formula is C21H28N2O4S. The van der Waals surface area contributed by atoms with Crippen LogP contribution in [0.1, 0.15) is 25.8 Å². The van der Waals surface area contributed by atoms with Gasteiger partial charge < -0.3 is 10.1 Å². The lowest BCUT2D eigenvalue weighted by Gasteiger charge is -2.24. The number of hydrogen-bond donors (Lipinski definition) is 1. The van der Waals surface area contributed by atoms with E-state index in [0.717, 1.165) is 16.3 Å². The highest BCUT2D eigenvalue weighted by molar-refractivity contribution is 7.92. The van der Waals surface area contributed by atoms with Crippen molar-refractivity contribution >= 4 is 21.6 Å². The van der Waals surface area contributed by atoms with Crippen LogP contribution in [0, 0.1) is 12.8 Å². The van der Waals surface area contributed by atoms with Gasteiger partial charge in [0.1, 0.15) is 12.3 Å². The van der Waals surface area contributed by atoms with E-state index >= 15 is 0 Å². The number of methoxy groups -OCH3 is 1. The van der Waals surface area contributed by atoms with Crippen LogP contribution < -0.4 is 14.4 Å². The lowest BCUT2D eigenvalue weighted by molar-refractivity contribution is -0.119. The average Bonchev–Trinajstić information content (AvgIpc) is 2.66. The first-order chi connectivity index (χ1) is 13.2. The Morgan fingerprint density at radius 3 is 2.21 bits per heavy atom. The number of rotatable bonds is 9. The van der Waals surface area contributed by atoms with Gasteiger partial charge in [-0.3, -0.25) is 9.10 Å². The first kappa shape index (κ1) is 21.8. The van der Waals surface area contributed by atoms with E-state index in [2.05, 4.69) is 19.2 Å². The molecule has 0 spiro atoms. The Kier molecular flexibility index (Phi) is 7.45. The Hall–Kier alpha value is -2.54. The standard InChI is InChI=1S/C21H28N2O4S/c1-16(2)13-14-22-21(24)15-23(18-7-9-19(27-4)10-8-18)28(25,26)20-11-5-17(3)6-12-20/h5-12,16H,13-15H2,1-4H3,(H,22,24). The second-order valence-corrected chi connectivity index (χ2v) is 8.92. The number of aryl methyl sites for hydroxylation is 1. The highest BCUT2D eigenvalue weighted by Gasteiger charge is 2.27. The largest absolute Gasteiger partial charge is 0.497 e. The van der Waals surface area contributed by atoms with E-state index in [9.17, 15) is 13.2 Å². The van der Waals surface area contributed by atoms with Crippen molar-refractivity contribution < 1.29 is 17.9 Å². The number of sulfonamides is 1. The summed E-state index contributed by atoms with van der Waals surface area (Å²) in [5, 5.41) is 2.80. The van der Waals surface area contributed by atoms with Crippen molar-refractivity contribution in [2.75, 3.05) is 24.5 Å². The van der Waals surface area contributed by atoms with E-state index in [1.807, 2.05) is 6.92 Å². The maximum atomic E-state index is 13.2. The van der Waals surface area contributed by atoms with E-state index in [1.165, 1.54) is 7.11 Å². The van der Waals surface area contributed by atoms with Crippen LogP contribution in [-0.2, 0) is 14.8 Å². The zero-order chi connectivity index (χ0) is 20.7. The van der Waals surface area contributed by atoms with Crippen LogP contribution in [0.15, 0.2) is 53.4 Å². The van der Waals surface area contributed by atoms with Gasteiger partial charge in [0.2, 0.25) is 5.91 Å². The molecule has 1 N–H and O–H groups in total. The van der Waals surface area contributed by atoms with Crippen molar-refractivity contribution in [1.82, 2.24) is 5.32 Å². The molecule has 0 aliphatic heterocycles. The number of nitrogens with one attached hydrogen (secondary N) is 1. The Balaban J connectivity index is 2.32. The van der Waals surface area contributed by atoms with Gasteiger partial charge in [0, 0.05) is 6.54 Å². The molecular weight excluding hydrogens is 376 g/mol. The first-order valence-corrected chi connectivity index (χ1v) is 10.7. The summed E-state index contributed by atoms with van der Waals surface area (Å²) >= 11 is 0. The SMILES string of the molecule is COc1ccc(N(CC(=O)NCCC(C)C)S(=O)(=O)c2ccc(C)cc2)cc1. The molecule has 1 amide bonds. The molecule has 2 aromatic rings. The first-order valence-electron chi connectivity index (χ1n) is 9.24. The van der Waals surface area contributed by atoms with Crippen LogP contribution in [0.25, 0.3) is 0 Å². The van der Waals surface area contributed by atoms with Crippen LogP contribution in [-0.4, -0.2) is 34.5 Å². The van der Waals surface area contributed by atoms with Gasteiger partial charge >= 0.3 is 0 Å². The third-order valence-electron chi connectivity index (χ3n) is 4.30. The monoisotopic (exact) mass is 404 g/mol. The molecule has 7 heteroatoms. The molecule has 0 bridgehead atoms. The zero-order valence-corrected chi connectivity index (χ0v) is 17.6. The van der Waals surface area contributed by atoms with Gasteiger partial charge in [-0.1, -0.05) is 31.5 Å². The summed E-state index contributed by atoms with van der Waals surface area (Å²) in [4.78, 5) is 12.6. The highest BCUT2D eigenvalue weighted by Crippen LogP contribution is 2.25. The van der Waals surface area contributed by atoms with Gasteiger partial charge in [0.15, 0.2) is 0 Å². The molecule has 0 saturated heterocycles. The quantitative estimate of drug-likeness (QED) is 0.695. The summed E-state index contributed by atoms with van der Waals surface area (Å²) in [7, 11) is -2.36. The Morgan fingerprint density at radius 2 is 1.68 bits per heavy atom. The van der Waals surface area contributed by atoms with Crippen LogP contribution >= 0.6 is 0 Å². The lowest BCUT2D eigenvalue weighted by atomic mass is 10.1. The number of ether oxygens (including phenoxy) is 1. The van der Waals surface area contributed by atoms with E-state index in [0.29, 0.717) is 23.9 Å². The number of anilines is 1. The van der Waals surface area contributed by atoms with Crippen LogP contribution in [0.2, 0.25) is 0 Å². The van der Waals surface area contributed by atoms with E-state index in [1.54, 1.807) is 48.5 Å². The second-order valence-electron chi connectivity index (χ2n) is 7.06. The van der Waals surface area contributed by atoms with Crippen molar-refractivity contribution in [3.8, 4) is 5.75 Å². The number of nitrogens with zero attached hydrogens (tertiary/aromatic N) is 1. The van der Waals surface area contributed by atoms with Crippen LogP contribution in [0.4, 0.5) is 5.69 Å². The van der Waals surface area contributed by atoms with Gasteiger partial charge in [-0.25, -0.2) is 8.42 Å². The highest BCUT2D eigenvalue weighted by atomic mass is 32.2. The molecule has 0 fully saturated rings. The normalized spacial score (nSPS) is 11.3. The molecule has 0 aliphatic carbocycles. The van der Waals surface area contributed by atoms with Crippen LogP contribution in [0.5, 0.6) is 5.75 Å². The van der Waals surface area contributed by atoms with Gasteiger partial charge in [-0.15, -0.1) is 0 Å². The van der Waals surface area contributed by atoms with Crippen molar-refractivity contribution in [1.29, 1.82) is 0 Å². The predicted octanol–water partition coefficient (Wildman–Crippen LogP) is 3.36. The van der Waals surface area contributed by atoms with Crippen LogP contribution in [0.3, 0.4) is 0 Å². The average molecular weight is 405 g/mol. The molecule has 6 nitrogen and oxygen atoms in total.